The molecule has 0 spiro atoms. The molecule has 0 bridgehead atoms. The number of hydrogen-bond acceptors (Lipinski definition) is 6. The van der Waals surface area contributed by atoms with Crippen molar-refractivity contribution in [1.82, 2.24) is 26.3 Å². The molecule has 0 aliphatic carbocycles. The van der Waals surface area contributed by atoms with E-state index < -0.39 is 0 Å². The van der Waals surface area contributed by atoms with Gasteiger partial charge in [-0.25, -0.2) is 4.98 Å². The van der Waals surface area contributed by atoms with E-state index in [1.54, 1.807) is 7.11 Å². The fourth-order valence-electron chi connectivity index (χ4n) is 6.07. The molecule has 1 aromatic heterocycles. The van der Waals surface area contributed by atoms with E-state index in [2.05, 4.69) is 45.5 Å². The minimum absolute atomic E-state index is 0.106. The van der Waals surface area contributed by atoms with E-state index >= 15 is 0 Å². The van der Waals surface area contributed by atoms with Crippen molar-refractivity contribution in [2.75, 3.05) is 20.2 Å². The Morgan fingerprint density at radius 2 is 1.30 bits per heavy atom. The molecule has 2 amide bonds. The molecule has 2 atom stereocenters. The first-order valence-corrected chi connectivity index (χ1v) is 16.4. The second-order valence-corrected chi connectivity index (χ2v) is 12.5. The number of methoxy groups -OCH3 is 1. The van der Waals surface area contributed by atoms with Gasteiger partial charge in [-0.3, -0.25) is 9.59 Å². The summed E-state index contributed by atoms with van der Waals surface area (Å²) in [6.45, 7) is 2.73. The zero-order valence-corrected chi connectivity index (χ0v) is 27.2. The molecule has 2 saturated heterocycles. The summed E-state index contributed by atoms with van der Waals surface area (Å²) in [5.74, 6) is 0.756. The minimum Gasteiger partial charge on any atom is -0.481 e. The zero-order chi connectivity index (χ0) is 32.0. The van der Waals surface area contributed by atoms with Crippen molar-refractivity contribution < 1.29 is 14.3 Å². The van der Waals surface area contributed by atoms with Gasteiger partial charge in [0.05, 0.1) is 22.8 Å². The van der Waals surface area contributed by atoms with Crippen molar-refractivity contribution in [2.24, 2.45) is 0 Å². The van der Waals surface area contributed by atoms with Crippen LogP contribution in [0, 0.1) is 0 Å². The molecule has 0 radical (unpaired) electrons. The number of amides is 2. The van der Waals surface area contributed by atoms with Gasteiger partial charge < -0.3 is 26.0 Å². The highest BCUT2D eigenvalue weighted by molar-refractivity contribution is 6.39. The SMILES string of the molecule is COc1nc(-c2cccc(-c3cccc(-c4ccc(CNC[C@@H]5CCC(=O)N5)cc4)c3Cl)c2Cl)ccc1CNC[C@@H]1CCC(=O)N1. The number of pyridine rings is 1. The monoisotopic (exact) mass is 657 g/mol. The Morgan fingerprint density at radius 3 is 1.89 bits per heavy atom. The lowest BCUT2D eigenvalue weighted by Gasteiger charge is -2.16. The number of hydrogen-bond donors (Lipinski definition) is 4. The van der Waals surface area contributed by atoms with Gasteiger partial charge in [0.2, 0.25) is 17.7 Å². The molecule has 3 heterocycles. The summed E-state index contributed by atoms with van der Waals surface area (Å²) in [6, 6.07) is 24.5. The smallest absolute Gasteiger partial charge is 0.220 e. The third-order valence-electron chi connectivity index (χ3n) is 8.56. The van der Waals surface area contributed by atoms with Crippen molar-refractivity contribution >= 4 is 35.0 Å². The van der Waals surface area contributed by atoms with Crippen LogP contribution in [0.3, 0.4) is 0 Å². The maximum absolute atomic E-state index is 11.5. The summed E-state index contributed by atoms with van der Waals surface area (Å²) in [7, 11) is 1.61. The number of carbonyl (C=O) groups excluding carboxylic acids is 2. The molecule has 10 heteroatoms. The number of aromatic nitrogens is 1. The summed E-state index contributed by atoms with van der Waals surface area (Å²) in [4.78, 5) is 27.7. The molecule has 238 valence electrons. The van der Waals surface area contributed by atoms with E-state index in [9.17, 15) is 9.59 Å². The molecule has 8 nitrogen and oxygen atoms in total. The second kappa shape index (κ2) is 14.6. The summed E-state index contributed by atoms with van der Waals surface area (Å²) in [5.41, 5.74) is 7.13. The van der Waals surface area contributed by atoms with E-state index in [0.29, 0.717) is 47.6 Å². The average molecular weight is 659 g/mol. The van der Waals surface area contributed by atoms with Crippen LogP contribution in [0.15, 0.2) is 72.8 Å². The largest absolute Gasteiger partial charge is 0.481 e. The number of carbonyl (C=O) groups is 2. The molecular weight excluding hydrogens is 621 g/mol. The molecule has 4 aromatic rings. The van der Waals surface area contributed by atoms with Crippen molar-refractivity contribution in [3.05, 3.63) is 94.0 Å². The lowest BCUT2D eigenvalue weighted by Crippen LogP contribution is -2.35. The van der Waals surface area contributed by atoms with Gasteiger partial charge in [-0.05, 0) is 30.0 Å². The van der Waals surface area contributed by atoms with E-state index in [1.807, 2.05) is 48.5 Å². The van der Waals surface area contributed by atoms with Crippen LogP contribution in [-0.4, -0.2) is 49.1 Å². The predicted molar refractivity (Wildman–Crippen MR) is 183 cm³/mol. The number of rotatable bonds is 12. The Hall–Kier alpha value is -3.95. The summed E-state index contributed by atoms with van der Waals surface area (Å²) < 4.78 is 5.64. The predicted octanol–water partition coefficient (Wildman–Crippen LogP) is 6.13. The van der Waals surface area contributed by atoms with Gasteiger partial charge in [0, 0.05) is 78.9 Å². The molecule has 46 heavy (non-hydrogen) atoms. The van der Waals surface area contributed by atoms with Crippen LogP contribution in [-0.2, 0) is 22.7 Å². The lowest BCUT2D eigenvalue weighted by atomic mass is 9.96. The van der Waals surface area contributed by atoms with E-state index in [-0.39, 0.29) is 23.9 Å². The molecule has 0 unspecified atom stereocenters. The lowest BCUT2D eigenvalue weighted by molar-refractivity contribution is -0.120. The number of nitrogens with zero attached hydrogens (tertiary/aromatic N) is 1. The highest BCUT2D eigenvalue weighted by Gasteiger charge is 2.22. The first kappa shape index (κ1) is 32.0. The van der Waals surface area contributed by atoms with Gasteiger partial charge in [0.15, 0.2) is 0 Å². The molecule has 2 fully saturated rings. The molecule has 4 N–H and O–H groups in total. The molecular formula is C36H37Cl2N5O3. The Bertz CT molecular complexity index is 1730. The van der Waals surface area contributed by atoms with E-state index in [4.69, 9.17) is 32.9 Å². The van der Waals surface area contributed by atoms with Gasteiger partial charge in [-0.15, -0.1) is 0 Å². The molecule has 3 aromatic carbocycles. The number of ether oxygens (including phenoxy) is 1. The van der Waals surface area contributed by atoms with Crippen LogP contribution >= 0.6 is 23.2 Å². The number of nitrogens with one attached hydrogen (secondary N) is 4. The molecule has 6 rings (SSSR count). The highest BCUT2D eigenvalue weighted by atomic mass is 35.5. The third-order valence-corrected chi connectivity index (χ3v) is 9.37. The first-order chi connectivity index (χ1) is 22.4. The van der Waals surface area contributed by atoms with Crippen LogP contribution < -0.4 is 26.0 Å². The maximum atomic E-state index is 11.5. The van der Waals surface area contributed by atoms with Crippen molar-refractivity contribution in [3.63, 3.8) is 0 Å². The highest BCUT2D eigenvalue weighted by Crippen LogP contribution is 2.42. The molecule has 2 aliphatic heterocycles. The van der Waals surface area contributed by atoms with Crippen molar-refractivity contribution in [1.29, 1.82) is 0 Å². The van der Waals surface area contributed by atoms with Crippen molar-refractivity contribution in [3.8, 4) is 39.4 Å². The van der Waals surface area contributed by atoms with E-state index in [0.717, 1.165) is 64.9 Å². The fraction of sp³-hybridized carbons (Fsp3) is 0.306. The fourth-order valence-corrected chi connectivity index (χ4v) is 6.73. The zero-order valence-electron chi connectivity index (χ0n) is 25.7. The second-order valence-electron chi connectivity index (χ2n) is 11.8. The van der Waals surface area contributed by atoms with Crippen LogP contribution in [0.1, 0.15) is 36.8 Å². The molecule has 2 aliphatic rings. The van der Waals surface area contributed by atoms with Gasteiger partial charge in [0.25, 0.3) is 0 Å². The van der Waals surface area contributed by atoms with Crippen LogP contribution in [0.5, 0.6) is 5.88 Å². The average Bonchev–Trinajstić information content (AvgIpc) is 3.69. The Balaban J connectivity index is 1.17. The standard InChI is InChI=1S/C36H37Cl2N5O3/c1-46-36-24(19-40-21-26-14-17-33(45)42-26)12-15-31(43-36)30-7-3-6-29(35(30)38)28-5-2-4-27(34(28)37)23-10-8-22(9-11-23)18-39-20-25-13-16-32(44)41-25/h2-12,15,25-26,39-40H,13-14,16-21H2,1H3,(H,41,44)(H,42,45)/t25-,26-/m0/s1. The Labute approximate surface area is 279 Å². The normalized spacial score (nSPS) is 17.6. The van der Waals surface area contributed by atoms with Gasteiger partial charge in [-0.2, -0.15) is 0 Å². The maximum Gasteiger partial charge on any atom is 0.220 e. The van der Waals surface area contributed by atoms with Gasteiger partial charge >= 0.3 is 0 Å². The van der Waals surface area contributed by atoms with Crippen LogP contribution in [0.25, 0.3) is 33.5 Å². The third kappa shape index (κ3) is 7.37. The van der Waals surface area contributed by atoms with Crippen LogP contribution in [0.4, 0.5) is 0 Å². The summed E-state index contributed by atoms with van der Waals surface area (Å²) >= 11 is 14.1. The quantitative estimate of drug-likeness (QED) is 0.146. The van der Waals surface area contributed by atoms with Crippen molar-refractivity contribution in [2.45, 2.75) is 50.9 Å². The van der Waals surface area contributed by atoms with Gasteiger partial charge in [0.1, 0.15) is 0 Å². The minimum atomic E-state index is 0.106. The summed E-state index contributed by atoms with van der Waals surface area (Å²) in [5, 5.41) is 14.0. The Kier molecular flexibility index (Phi) is 10.2. The topological polar surface area (TPSA) is 104 Å². The number of halogens is 2. The Morgan fingerprint density at radius 1 is 0.739 bits per heavy atom. The number of benzene rings is 3. The summed E-state index contributed by atoms with van der Waals surface area (Å²) in [6.07, 6.45) is 2.91. The van der Waals surface area contributed by atoms with Gasteiger partial charge in [-0.1, -0.05) is 89.9 Å². The van der Waals surface area contributed by atoms with E-state index in [1.165, 1.54) is 0 Å². The van der Waals surface area contributed by atoms with Crippen LogP contribution in [0.2, 0.25) is 10.0 Å². The first-order valence-electron chi connectivity index (χ1n) is 15.6. The molecule has 0 saturated carbocycles.